The van der Waals surface area contributed by atoms with Gasteiger partial charge in [0.2, 0.25) is 11.0 Å². The molecule has 1 fully saturated rings. The third kappa shape index (κ3) is 5.38. The molecular formula is C13H22N4OS2. The maximum Gasteiger partial charge on any atom is 0.240 e. The maximum atomic E-state index is 12.0. The number of hydrogen-bond acceptors (Lipinski definition) is 6. The standard InChI is InChI=1S/C13H22N4OS2/c1-10(2)19-13-16-15-12(20-13)14-11(18)9-17-7-5-3-4-6-8-17/h10H,3-9H2,1-2H3,(H,14,15,18). The summed E-state index contributed by atoms with van der Waals surface area (Å²) < 4.78 is 0.907. The summed E-state index contributed by atoms with van der Waals surface area (Å²) in [5.74, 6) is 0.0177. The predicted molar refractivity (Wildman–Crippen MR) is 84.4 cm³/mol. The van der Waals surface area contributed by atoms with Crippen molar-refractivity contribution in [1.29, 1.82) is 0 Å². The average molecular weight is 314 g/mol. The molecule has 5 nitrogen and oxygen atoms in total. The number of nitrogens with zero attached hydrogens (tertiary/aromatic N) is 3. The van der Waals surface area contributed by atoms with Gasteiger partial charge in [-0.3, -0.25) is 15.0 Å². The molecule has 20 heavy (non-hydrogen) atoms. The number of carbonyl (C=O) groups is 1. The molecule has 0 unspecified atom stereocenters. The van der Waals surface area contributed by atoms with Gasteiger partial charge in [0, 0.05) is 5.25 Å². The molecule has 1 saturated heterocycles. The molecule has 7 heteroatoms. The van der Waals surface area contributed by atoms with Crippen LogP contribution < -0.4 is 5.32 Å². The fourth-order valence-corrected chi connectivity index (χ4v) is 4.16. The first kappa shape index (κ1) is 15.7. The Morgan fingerprint density at radius 2 is 2.00 bits per heavy atom. The van der Waals surface area contributed by atoms with E-state index in [1.165, 1.54) is 37.0 Å². The number of carbonyl (C=O) groups excluding carboxylic acids is 1. The highest BCUT2D eigenvalue weighted by Gasteiger charge is 2.15. The van der Waals surface area contributed by atoms with Crippen LogP contribution in [0.4, 0.5) is 5.13 Å². The van der Waals surface area contributed by atoms with Crippen LogP contribution in [0, 0.1) is 0 Å². The second-order valence-corrected chi connectivity index (χ2v) is 8.08. The number of aromatic nitrogens is 2. The Hall–Kier alpha value is -0.660. The Labute approximate surface area is 128 Å². The van der Waals surface area contributed by atoms with Crippen LogP contribution >= 0.6 is 23.1 Å². The third-order valence-corrected chi connectivity index (χ3v) is 4.98. The van der Waals surface area contributed by atoms with Crippen LogP contribution in [0.3, 0.4) is 0 Å². The molecule has 0 bridgehead atoms. The van der Waals surface area contributed by atoms with Crippen molar-refractivity contribution < 1.29 is 4.79 Å². The summed E-state index contributed by atoms with van der Waals surface area (Å²) in [6.45, 7) is 6.75. The van der Waals surface area contributed by atoms with Crippen molar-refractivity contribution >= 4 is 34.1 Å². The van der Waals surface area contributed by atoms with Crippen molar-refractivity contribution in [2.45, 2.75) is 49.1 Å². The number of thioether (sulfide) groups is 1. The van der Waals surface area contributed by atoms with Crippen LogP contribution in [0.5, 0.6) is 0 Å². The molecule has 1 aromatic heterocycles. The highest BCUT2D eigenvalue weighted by molar-refractivity contribution is 8.01. The van der Waals surface area contributed by atoms with E-state index >= 15 is 0 Å². The quantitative estimate of drug-likeness (QED) is 0.669. The Morgan fingerprint density at radius 1 is 1.30 bits per heavy atom. The number of rotatable bonds is 5. The minimum Gasteiger partial charge on any atom is -0.299 e. The fraction of sp³-hybridized carbons (Fsp3) is 0.769. The molecule has 0 atom stereocenters. The van der Waals surface area contributed by atoms with E-state index in [0.717, 1.165) is 17.4 Å². The zero-order chi connectivity index (χ0) is 14.4. The molecule has 112 valence electrons. The zero-order valence-corrected chi connectivity index (χ0v) is 13.7. The molecule has 2 heterocycles. The molecule has 0 radical (unpaired) electrons. The number of nitrogens with one attached hydrogen (secondary N) is 1. The lowest BCUT2D eigenvalue weighted by Crippen LogP contribution is -2.33. The largest absolute Gasteiger partial charge is 0.299 e. The van der Waals surface area contributed by atoms with Gasteiger partial charge in [0.05, 0.1) is 6.54 Å². The monoisotopic (exact) mass is 314 g/mol. The number of amides is 1. The second-order valence-electron chi connectivity index (χ2n) is 5.28. The summed E-state index contributed by atoms with van der Waals surface area (Å²) in [6, 6.07) is 0. The van der Waals surface area contributed by atoms with Crippen molar-refractivity contribution in [3.63, 3.8) is 0 Å². The van der Waals surface area contributed by atoms with Gasteiger partial charge in [-0.05, 0) is 25.9 Å². The Bertz CT molecular complexity index is 428. The van der Waals surface area contributed by atoms with E-state index in [2.05, 4.69) is 34.3 Å². The van der Waals surface area contributed by atoms with Gasteiger partial charge in [-0.2, -0.15) is 0 Å². The van der Waals surface area contributed by atoms with Crippen LogP contribution in [-0.4, -0.2) is 45.9 Å². The van der Waals surface area contributed by atoms with Gasteiger partial charge < -0.3 is 0 Å². The first-order valence-electron chi connectivity index (χ1n) is 7.16. The van der Waals surface area contributed by atoms with Crippen LogP contribution in [0.25, 0.3) is 0 Å². The van der Waals surface area contributed by atoms with Gasteiger partial charge in [-0.15, -0.1) is 10.2 Å². The number of hydrogen-bond donors (Lipinski definition) is 1. The normalized spacial score (nSPS) is 17.1. The highest BCUT2D eigenvalue weighted by Crippen LogP contribution is 2.28. The van der Waals surface area contributed by atoms with Crippen molar-refractivity contribution in [2.24, 2.45) is 0 Å². The minimum atomic E-state index is 0.0177. The van der Waals surface area contributed by atoms with Gasteiger partial charge >= 0.3 is 0 Å². The summed E-state index contributed by atoms with van der Waals surface area (Å²) in [6.07, 6.45) is 4.96. The van der Waals surface area contributed by atoms with Crippen LogP contribution in [0.15, 0.2) is 4.34 Å². The van der Waals surface area contributed by atoms with Crippen molar-refractivity contribution in [2.75, 3.05) is 25.0 Å². The van der Waals surface area contributed by atoms with E-state index < -0.39 is 0 Å². The summed E-state index contributed by atoms with van der Waals surface area (Å²) in [5, 5.41) is 12.0. The van der Waals surface area contributed by atoms with Crippen LogP contribution in [0.2, 0.25) is 0 Å². The summed E-state index contributed by atoms with van der Waals surface area (Å²) in [7, 11) is 0. The maximum absolute atomic E-state index is 12.0. The lowest BCUT2D eigenvalue weighted by atomic mass is 10.2. The van der Waals surface area contributed by atoms with Gasteiger partial charge in [-0.1, -0.05) is 49.8 Å². The molecule has 1 N–H and O–H groups in total. The van der Waals surface area contributed by atoms with E-state index in [4.69, 9.17) is 0 Å². The summed E-state index contributed by atoms with van der Waals surface area (Å²) >= 11 is 3.11. The summed E-state index contributed by atoms with van der Waals surface area (Å²) in [5.41, 5.74) is 0. The van der Waals surface area contributed by atoms with E-state index in [1.807, 2.05) is 0 Å². The molecule has 0 aromatic carbocycles. The van der Waals surface area contributed by atoms with Gasteiger partial charge in [0.1, 0.15) is 0 Å². The zero-order valence-electron chi connectivity index (χ0n) is 12.1. The van der Waals surface area contributed by atoms with Gasteiger partial charge in [0.15, 0.2) is 4.34 Å². The van der Waals surface area contributed by atoms with E-state index in [1.54, 1.807) is 11.8 Å². The molecule has 0 aliphatic carbocycles. The fourth-order valence-electron chi connectivity index (χ4n) is 2.17. The topological polar surface area (TPSA) is 58.1 Å². The first-order chi connectivity index (χ1) is 9.63. The molecule has 1 amide bonds. The van der Waals surface area contributed by atoms with Gasteiger partial charge in [-0.25, -0.2) is 0 Å². The average Bonchev–Trinajstić information content (AvgIpc) is 2.63. The van der Waals surface area contributed by atoms with E-state index in [-0.39, 0.29) is 5.91 Å². The molecular weight excluding hydrogens is 292 g/mol. The van der Waals surface area contributed by atoms with Gasteiger partial charge in [0.25, 0.3) is 0 Å². The molecule has 0 spiro atoms. The van der Waals surface area contributed by atoms with Crippen molar-refractivity contribution in [1.82, 2.24) is 15.1 Å². The number of likely N-dealkylation sites (tertiary alicyclic amines) is 1. The summed E-state index contributed by atoms with van der Waals surface area (Å²) in [4.78, 5) is 14.2. The Morgan fingerprint density at radius 3 is 2.65 bits per heavy atom. The third-order valence-electron chi connectivity index (χ3n) is 3.06. The molecule has 1 aliphatic heterocycles. The van der Waals surface area contributed by atoms with E-state index in [0.29, 0.717) is 16.9 Å². The molecule has 0 saturated carbocycles. The van der Waals surface area contributed by atoms with Crippen molar-refractivity contribution in [3.05, 3.63) is 0 Å². The second kappa shape index (κ2) is 7.95. The lowest BCUT2D eigenvalue weighted by molar-refractivity contribution is -0.117. The Balaban J connectivity index is 1.79. The van der Waals surface area contributed by atoms with Crippen LogP contribution in [-0.2, 0) is 4.79 Å². The lowest BCUT2D eigenvalue weighted by Gasteiger charge is -2.18. The highest BCUT2D eigenvalue weighted by atomic mass is 32.2. The first-order valence-corrected chi connectivity index (χ1v) is 8.85. The number of anilines is 1. The smallest absolute Gasteiger partial charge is 0.240 e. The predicted octanol–water partition coefficient (Wildman–Crippen LogP) is 2.85. The molecule has 1 aromatic rings. The SMILES string of the molecule is CC(C)Sc1nnc(NC(=O)CN2CCCCCC2)s1. The molecule has 2 rings (SSSR count). The molecule has 1 aliphatic rings. The van der Waals surface area contributed by atoms with Crippen molar-refractivity contribution in [3.8, 4) is 0 Å². The Kier molecular flexibility index (Phi) is 6.25. The minimum absolute atomic E-state index is 0.0177. The van der Waals surface area contributed by atoms with Crippen LogP contribution in [0.1, 0.15) is 39.5 Å². The van der Waals surface area contributed by atoms with E-state index in [9.17, 15) is 4.79 Å².